The largest absolute Gasteiger partial charge is 0.462 e. The van der Waals surface area contributed by atoms with Gasteiger partial charge >= 0.3 is 13.7 Å². The van der Waals surface area contributed by atoms with Crippen LogP contribution in [0.3, 0.4) is 0 Å². The van der Waals surface area contributed by atoms with E-state index >= 15 is 0 Å². The molecule has 1 aromatic carbocycles. The Morgan fingerprint density at radius 2 is 2.08 bits per heavy atom. The molecule has 0 radical (unpaired) electrons. The molecule has 1 fully saturated rings. The number of benzene rings is 1. The Morgan fingerprint density at radius 3 is 2.73 bits per heavy atom. The number of nitrogen functional groups attached to an aromatic ring is 1. The van der Waals surface area contributed by atoms with Crippen LogP contribution in [0.25, 0.3) is 11.2 Å². The Balaban J connectivity index is 1.59. The van der Waals surface area contributed by atoms with E-state index in [1.807, 2.05) is 0 Å². The molecule has 0 aliphatic carbocycles. The molecule has 1 aliphatic rings. The normalized spacial score (nSPS) is 24.9. The highest BCUT2D eigenvalue weighted by Crippen LogP contribution is 2.49. The summed E-state index contributed by atoms with van der Waals surface area (Å²) in [4.78, 5) is 35.1. The molecule has 15 nitrogen and oxygen atoms in total. The molecule has 5 N–H and O–H groups in total. The van der Waals surface area contributed by atoms with Gasteiger partial charge in [-0.1, -0.05) is 18.2 Å². The summed E-state index contributed by atoms with van der Waals surface area (Å²) >= 11 is 0. The zero-order valence-corrected chi connectivity index (χ0v) is 23.1. The van der Waals surface area contributed by atoms with Crippen molar-refractivity contribution in [2.24, 2.45) is 5.41 Å². The summed E-state index contributed by atoms with van der Waals surface area (Å²) in [5, 5.41) is 23.7. The Bertz CT molecular complexity index is 1520. The summed E-state index contributed by atoms with van der Waals surface area (Å²) in [5.74, 6) is -0.667. The zero-order chi connectivity index (χ0) is 29.2. The van der Waals surface area contributed by atoms with Crippen molar-refractivity contribution in [3.63, 3.8) is 0 Å². The van der Waals surface area contributed by atoms with Gasteiger partial charge < -0.3 is 24.8 Å². The van der Waals surface area contributed by atoms with Crippen LogP contribution in [0.1, 0.15) is 33.9 Å². The number of nitriles is 1. The highest BCUT2D eigenvalue weighted by Gasteiger charge is 2.55. The van der Waals surface area contributed by atoms with Crippen molar-refractivity contribution >= 4 is 30.8 Å². The minimum absolute atomic E-state index is 0.0405. The quantitative estimate of drug-likeness (QED) is 0.200. The Labute approximate surface area is 228 Å². The fourth-order valence-electron chi connectivity index (χ4n) is 4.14. The van der Waals surface area contributed by atoms with Crippen molar-refractivity contribution in [3.8, 4) is 11.8 Å². The fourth-order valence-corrected chi connectivity index (χ4v) is 5.64. The third kappa shape index (κ3) is 5.86. The van der Waals surface area contributed by atoms with Crippen LogP contribution in [0.2, 0.25) is 0 Å². The second kappa shape index (κ2) is 11.4. The van der Waals surface area contributed by atoms with Crippen LogP contribution in [0, 0.1) is 16.7 Å². The number of carbonyl (C=O) groups excluding carboxylic acids is 1. The van der Waals surface area contributed by atoms with Crippen LogP contribution in [-0.2, 0) is 23.4 Å². The lowest BCUT2D eigenvalue weighted by molar-refractivity contribution is -0.149. The average Bonchev–Trinajstić information content (AvgIpc) is 3.42. The molecule has 16 heteroatoms. The van der Waals surface area contributed by atoms with E-state index in [1.165, 1.54) is 24.7 Å². The number of aliphatic hydroxyl groups is 1. The summed E-state index contributed by atoms with van der Waals surface area (Å²) in [6.07, 6.45) is -2.99. The third-order valence-electron chi connectivity index (χ3n) is 6.16. The number of H-pyrrole nitrogens is 1. The second-order valence-corrected chi connectivity index (χ2v) is 11.4. The Morgan fingerprint density at radius 1 is 1.38 bits per heavy atom. The minimum Gasteiger partial charge on any atom is -0.462 e. The van der Waals surface area contributed by atoms with Crippen LogP contribution >= 0.6 is 7.75 Å². The molecule has 0 saturated carbocycles. The number of rotatable bonds is 10. The van der Waals surface area contributed by atoms with Gasteiger partial charge in [0.05, 0.1) is 25.1 Å². The zero-order valence-electron chi connectivity index (χ0n) is 22.2. The summed E-state index contributed by atoms with van der Waals surface area (Å²) in [7, 11) is -4.27. The molecule has 3 heterocycles. The van der Waals surface area contributed by atoms with E-state index in [2.05, 4.69) is 26.1 Å². The van der Waals surface area contributed by atoms with Gasteiger partial charge in [-0.3, -0.25) is 23.7 Å². The predicted octanol–water partition coefficient (Wildman–Crippen LogP) is 1.62. The maximum Gasteiger partial charge on any atom is 0.459 e. The van der Waals surface area contributed by atoms with Crippen molar-refractivity contribution in [3.05, 3.63) is 47.0 Å². The van der Waals surface area contributed by atoms with E-state index in [9.17, 15) is 24.5 Å². The number of nitrogens with two attached hydrogens (primary N) is 1. The summed E-state index contributed by atoms with van der Waals surface area (Å²) in [6.45, 7) is 5.72. The van der Waals surface area contributed by atoms with Crippen molar-refractivity contribution in [2.45, 2.75) is 58.3 Å². The molecule has 214 valence electrons. The number of nitrogens with one attached hydrogen (secondary N) is 2. The maximum absolute atomic E-state index is 13.8. The molecule has 1 aliphatic heterocycles. The van der Waals surface area contributed by atoms with Crippen molar-refractivity contribution in [1.29, 1.82) is 5.26 Å². The second-order valence-electron chi connectivity index (χ2n) is 9.68. The first-order chi connectivity index (χ1) is 18.9. The number of aromatic amines is 1. The highest BCUT2D eigenvalue weighted by molar-refractivity contribution is 7.52. The van der Waals surface area contributed by atoms with Gasteiger partial charge in [-0.25, -0.2) is 9.55 Å². The molecule has 1 saturated heterocycles. The van der Waals surface area contributed by atoms with Gasteiger partial charge in [0.1, 0.15) is 29.4 Å². The van der Waals surface area contributed by atoms with Crippen molar-refractivity contribution in [2.75, 3.05) is 12.3 Å². The number of nitrogens with zero attached hydrogens (tertiary/aromatic N) is 4. The molecule has 6 atom stereocenters. The molecular weight excluding hydrogens is 545 g/mol. The number of anilines is 1. The monoisotopic (exact) mass is 575 g/mol. The minimum atomic E-state index is -4.27. The molecule has 2 aromatic heterocycles. The Hall–Kier alpha value is -3.80. The number of hydrogen-bond acceptors (Lipinski definition) is 12. The number of esters is 1. The number of para-hydroxylation sites is 1. The number of aliphatic hydroxyl groups excluding tert-OH is 1. The van der Waals surface area contributed by atoms with Gasteiger partial charge in [0, 0.05) is 0 Å². The average molecular weight is 576 g/mol. The first kappa shape index (κ1) is 29.2. The number of aromatic nitrogens is 4. The smallest absolute Gasteiger partial charge is 0.459 e. The number of fused-ring (bicyclic) bond motifs is 1. The van der Waals surface area contributed by atoms with Crippen LogP contribution in [-0.4, -0.2) is 61.6 Å². The fraction of sp³-hybridized carbons (Fsp3) is 0.458. The number of imidazole rings is 1. The lowest BCUT2D eigenvalue weighted by atomic mass is 9.84. The number of hydrogen-bond donors (Lipinski definition) is 4. The van der Waals surface area contributed by atoms with E-state index in [0.29, 0.717) is 0 Å². The molecular formula is C24H30N7O8P. The topological polar surface area (TPSA) is 217 Å². The van der Waals surface area contributed by atoms with Crippen LogP contribution < -0.4 is 20.9 Å². The van der Waals surface area contributed by atoms with Gasteiger partial charge in [0.15, 0.2) is 17.4 Å². The van der Waals surface area contributed by atoms with Crippen LogP contribution in [0.15, 0.2) is 41.5 Å². The van der Waals surface area contributed by atoms with Crippen LogP contribution in [0.4, 0.5) is 5.95 Å². The summed E-state index contributed by atoms with van der Waals surface area (Å²) < 4.78 is 37.5. The van der Waals surface area contributed by atoms with Crippen LogP contribution in [0.5, 0.6) is 5.75 Å². The Kier molecular flexibility index (Phi) is 8.29. The van der Waals surface area contributed by atoms with Gasteiger partial charge in [-0.05, 0) is 39.8 Å². The van der Waals surface area contributed by atoms with Gasteiger partial charge in [0.25, 0.3) is 5.56 Å². The van der Waals surface area contributed by atoms with E-state index in [0.717, 1.165) is 0 Å². The molecule has 40 heavy (non-hydrogen) atoms. The standard InChI is InChI=1S/C24H30N7O8P/c1-13(2)37-21(34)14(3)30-40(35,39-15-8-6-5-7-9-15)36-10-16-18(32)24(4,11-25)22(38-16)31-12-27-17-19(31)28-23(26)29-20(17)33/h5-9,12-14,16,18,22,32H,10H2,1-4H3,(H,30,35)(H3,26,28,29,33)/t14-,16-,18-,22-,24-,40?/m1/s1. The molecule has 3 aromatic rings. The lowest BCUT2D eigenvalue weighted by Gasteiger charge is -2.26. The lowest BCUT2D eigenvalue weighted by Crippen LogP contribution is -2.39. The van der Waals surface area contributed by atoms with Gasteiger partial charge in [-0.2, -0.15) is 15.3 Å². The molecule has 1 unspecified atom stereocenters. The van der Waals surface area contributed by atoms with E-state index in [4.69, 9.17) is 24.3 Å². The van der Waals surface area contributed by atoms with Gasteiger partial charge in [0.2, 0.25) is 5.95 Å². The number of carbonyl (C=O) groups is 1. The first-order valence-electron chi connectivity index (χ1n) is 12.3. The van der Waals surface area contributed by atoms with Gasteiger partial charge in [-0.15, -0.1) is 0 Å². The summed E-state index contributed by atoms with van der Waals surface area (Å²) in [6, 6.07) is 9.10. The van der Waals surface area contributed by atoms with E-state index in [1.54, 1.807) is 44.2 Å². The number of ether oxygens (including phenoxy) is 2. The SMILES string of the molecule is CC(C)OC(=O)[C@@H](C)NP(=O)(OC[C@H]1O[C@@H](n2cnc3c(=O)[nH]c(N)nc32)[C@](C)(C#N)[C@@H]1O)Oc1ccccc1. The van der Waals surface area contributed by atoms with Crippen molar-refractivity contribution < 1.29 is 33.0 Å². The highest BCUT2D eigenvalue weighted by atomic mass is 31.2. The maximum atomic E-state index is 13.8. The van der Waals surface area contributed by atoms with E-state index in [-0.39, 0.29) is 22.9 Å². The molecule has 4 rings (SSSR count). The first-order valence-corrected chi connectivity index (χ1v) is 13.9. The molecule has 0 amide bonds. The molecule has 0 bridgehead atoms. The molecule has 0 spiro atoms. The van der Waals surface area contributed by atoms with E-state index < -0.39 is 61.9 Å². The predicted molar refractivity (Wildman–Crippen MR) is 141 cm³/mol. The third-order valence-corrected chi connectivity index (χ3v) is 7.81. The van der Waals surface area contributed by atoms with Crippen molar-refractivity contribution in [1.82, 2.24) is 24.6 Å². The summed E-state index contributed by atoms with van der Waals surface area (Å²) in [5.41, 5.74) is 3.52.